The van der Waals surface area contributed by atoms with Crippen molar-refractivity contribution in [1.82, 2.24) is 0 Å². The van der Waals surface area contributed by atoms with Crippen LogP contribution in [0.1, 0.15) is 26.3 Å². The van der Waals surface area contributed by atoms with E-state index in [-0.39, 0.29) is 5.16 Å². The van der Waals surface area contributed by atoms with Gasteiger partial charge in [-0.25, -0.2) is 0 Å². The second-order valence-electron chi connectivity index (χ2n) is 5.51. The highest BCUT2D eigenvalue weighted by Crippen LogP contribution is 2.58. The molecule has 1 atom stereocenters. The molecule has 2 aromatic rings. The van der Waals surface area contributed by atoms with Crippen molar-refractivity contribution in [2.45, 2.75) is 25.9 Å². The normalized spacial score (nSPS) is 15.5. The van der Waals surface area contributed by atoms with Crippen molar-refractivity contribution in [1.29, 1.82) is 0 Å². The largest absolute Gasteiger partial charge is 0.461 e. The van der Waals surface area contributed by atoms with Crippen LogP contribution < -0.4 is 5.50 Å². The number of hydrogen-bond donors (Lipinski definition) is 0. The summed E-state index contributed by atoms with van der Waals surface area (Å²) in [6, 6.07) is 13.5. The van der Waals surface area contributed by atoms with Gasteiger partial charge in [-0.1, -0.05) is 57.2 Å². The molecule has 1 aromatic heterocycles. The van der Waals surface area contributed by atoms with Crippen molar-refractivity contribution in [2.75, 3.05) is 0 Å². The third-order valence-electron chi connectivity index (χ3n) is 3.11. The van der Waals surface area contributed by atoms with Gasteiger partial charge in [-0.3, -0.25) is 0 Å². The summed E-state index contributed by atoms with van der Waals surface area (Å²) >= 11 is 0. The maximum Gasteiger partial charge on any atom is 0.175 e. The van der Waals surface area contributed by atoms with Gasteiger partial charge in [0.05, 0.1) is 6.26 Å². The van der Waals surface area contributed by atoms with Gasteiger partial charge in [0.2, 0.25) is 0 Å². The van der Waals surface area contributed by atoms with Crippen molar-refractivity contribution in [3.05, 3.63) is 60.1 Å². The van der Waals surface area contributed by atoms with E-state index >= 15 is 0 Å². The van der Waals surface area contributed by atoms with Gasteiger partial charge in [0, 0.05) is 5.16 Å². The third kappa shape index (κ3) is 2.90. The molecular weight excluding hydrogens is 255 g/mol. The highest BCUT2D eigenvalue weighted by atomic mass is 31.2. The monoisotopic (exact) mass is 274 g/mol. The molecular formula is C16H19O2P. The zero-order chi connectivity index (χ0) is 13.9. The summed E-state index contributed by atoms with van der Waals surface area (Å²) in [5.74, 6) is 1.81. The first kappa shape index (κ1) is 13.9. The fourth-order valence-electron chi connectivity index (χ4n) is 1.84. The number of rotatable bonds is 3. The second-order valence-corrected chi connectivity index (χ2v) is 8.90. The lowest BCUT2D eigenvalue weighted by molar-refractivity contribution is 0.542. The predicted octanol–water partition coefficient (Wildman–Crippen LogP) is 4.74. The molecule has 2 rings (SSSR count). The molecule has 0 aliphatic carbocycles. The van der Waals surface area contributed by atoms with E-state index in [1.165, 1.54) is 0 Å². The minimum absolute atomic E-state index is 0.365. The van der Waals surface area contributed by atoms with Crippen LogP contribution in [0.4, 0.5) is 0 Å². The number of hydrogen-bond acceptors (Lipinski definition) is 2. The molecule has 100 valence electrons. The number of furan rings is 1. The van der Waals surface area contributed by atoms with Gasteiger partial charge in [-0.05, 0) is 23.5 Å². The zero-order valence-electron chi connectivity index (χ0n) is 11.5. The molecule has 1 unspecified atom stereocenters. The maximum atomic E-state index is 13.3. The molecule has 19 heavy (non-hydrogen) atoms. The van der Waals surface area contributed by atoms with Gasteiger partial charge < -0.3 is 8.98 Å². The van der Waals surface area contributed by atoms with Crippen LogP contribution in [0.3, 0.4) is 0 Å². The molecule has 1 heterocycles. The fourth-order valence-corrected chi connectivity index (χ4v) is 4.00. The van der Waals surface area contributed by atoms with Gasteiger partial charge in [-0.15, -0.1) is 0 Å². The van der Waals surface area contributed by atoms with E-state index in [9.17, 15) is 4.57 Å². The summed E-state index contributed by atoms with van der Waals surface area (Å²) in [6.45, 7) is 5.93. The molecule has 0 amide bonds. The standard InChI is InChI=1S/C16H19O2P/c1-16(2,3)19(17,15-10-7-12-18-15)13-11-14-8-5-4-6-9-14/h4-13H,1-3H3/b13-11+. The molecule has 0 N–H and O–H groups in total. The summed E-state index contributed by atoms with van der Waals surface area (Å²) in [6.07, 6.45) is 3.48. The fraction of sp³-hybridized carbons (Fsp3) is 0.250. The Morgan fingerprint density at radius 2 is 1.74 bits per heavy atom. The first-order valence-electron chi connectivity index (χ1n) is 6.32. The lowest BCUT2D eigenvalue weighted by atomic mass is 10.2. The summed E-state index contributed by atoms with van der Waals surface area (Å²) in [5.41, 5.74) is 1.60. The first-order valence-corrected chi connectivity index (χ1v) is 8.09. The summed E-state index contributed by atoms with van der Waals surface area (Å²) in [4.78, 5) is 0. The van der Waals surface area contributed by atoms with Crippen molar-refractivity contribution < 1.29 is 8.98 Å². The predicted molar refractivity (Wildman–Crippen MR) is 81.2 cm³/mol. The van der Waals surface area contributed by atoms with Gasteiger partial charge in [0.25, 0.3) is 0 Å². The van der Waals surface area contributed by atoms with Gasteiger partial charge >= 0.3 is 0 Å². The lowest BCUT2D eigenvalue weighted by Gasteiger charge is -2.26. The van der Waals surface area contributed by atoms with Crippen LogP contribution in [0, 0.1) is 0 Å². The first-order chi connectivity index (χ1) is 8.93. The van der Waals surface area contributed by atoms with Crippen molar-refractivity contribution in [2.24, 2.45) is 0 Å². The van der Waals surface area contributed by atoms with E-state index in [1.807, 2.05) is 57.2 Å². The van der Waals surface area contributed by atoms with Gasteiger partial charge in [0.1, 0.15) is 0 Å². The van der Waals surface area contributed by atoms with Crippen LogP contribution in [0.25, 0.3) is 6.08 Å². The third-order valence-corrected chi connectivity index (χ3v) is 6.58. The molecule has 0 saturated carbocycles. The molecule has 0 saturated heterocycles. The highest BCUT2D eigenvalue weighted by molar-refractivity contribution is 7.75. The molecule has 1 aromatic carbocycles. The molecule has 2 nitrogen and oxygen atoms in total. The summed E-state index contributed by atoms with van der Waals surface area (Å²) < 4.78 is 18.7. The SMILES string of the molecule is CC(C)(C)P(=O)(/C=C/c1ccccc1)c1ccco1. The molecule has 0 radical (unpaired) electrons. The molecule has 0 aliphatic rings. The molecule has 0 spiro atoms. The molecule has 3 heteroatoms. The van der Waals surface area contributed by atoms with E-state index in [4.69, 9.17) is 4.42 Å². The summed E-state index contributed by atoms with van der Waals surface area (Å²) in [7, 11) is -2.72. The Labute approximate surface area is 114 Å². The minimum Gasteiger partial charge on any atom is -0.461 e. The average molecular weight is 274 g/mol. The van der Waals surface area contributed by atoms with Crippen LogP contribution in [0.2, 0.25) is 0 Å². The van der Waals surface area contributed by atoms with Gasteiger partial charge in [0.15, 0.2) is 12.6 Å². The maximum absolute atomic E-state index is 13.3. The molecule has 0 fully saturated rings. The van der Waals surface area contributed by atoms with Crippen LogP contribution >= 0.6 is 7.14 Å². The van der Waals surface area contributed by atoms with E-state index in [0.717, 1.165) is 5.56 Å². The average Bonchev–Trinajstić information content (AvgIpc) is 2.90. The summed E-state index contributed by atoms with van der Waals surface area (Å²) in [5, 5.41) is -0.365. The van der Waals surface area contributed by atoms with E-state index in [0.29, 0.717) is 5.50 Å². The highest BCUT2D eigenvalue weighted by Gasteiger charge is 2.38. The van der Waals surface area contributed by atoms with Crippen molar-refractivity contribution in [3.63, 3.8) is 0 Å². The van der Waals surface area contributed by atoms with Crippen LogP contribution in [-0.2, 0) is 4.57 Å². The Hall–Kier alpha value is -1.53. The van der Waals surface area contributed by atoms with Crippen LogP contribution in [-0.4, -0.2) is 5.16 Å². The Morgan fingerprint density at radius 1 is 1.05 bits per heavy atom. The van der Waals surface area contributed by atoms with Gasteiger partial charge in [-0.2, -0.15) is 0 Å². The Kier molecular flexibility index (Phi) is 3.82. The van der Waals surface area contributed by atoms with Crippen LogP contribution in [0.15, 0.2) is 59.0 Å². The Morgan fingerprint density at radius 3 is 2.26 bits per heavy atom. The smallest absolute Gasteiger partial charge is 0.175 e. The quantitative estimate of drug-likeness (QED) is 0.757. The van der Waals surface area contributed by atoms with E-state index < -0.39 is 7.14 Å². The van der Waals surface area contributed by atoms with Crippen molar-refractivity contribution in [3.8, 4) is 0 Å². The number of benzene rings is 1. The topological polar surface area (TPSA) is 30.2 Å². The van der Waals surface area contributed by atoms with E-state index in [1.54, 1.807) is 24.2 Å². The van der Waals surface area contributed by atoms with Crippen LogP contribution in [0.5, 0.6) is 0 Å². The second kappa shape index (κ2) is 5.22. The Bertz CT molecular complexity index is 589. The minimum atomic E-state index is -2.72. The molecule has 0 aliphatic heterocycles. The zero-order valence-corrected chi connectivity index (χ0v) is 12.4. The van der Waals surface area contributed by atoms with Crippen molar-refractivity contribution >= 4 is 18.7 Å². The molecule has 0 bridgehead atoms. The lowest BCUT2D eigenvalue weighted by Crippen LogP contribution is -2.20. The Balaban J connectivity index is 2.42. The van der Waals surface area contributed by atoms with E-state index in [2.05, 4.69) is 0 Å².